The zero-order valence-electron chi connectivity index (χ0n) is 14.8. The van der Waals surface area contributed by atoms with Crippen molar-refractivity contribution in [1.29, 1.82) is 0 Å². The van der Waals surface area contributed by atoms with Gasteiger partial charge < -0.3 is 5.32 Å². The summed E-state index contributed by atoms with van der Waals surface area (Å²) < 4.78 is 0. The minimum atomic E-state index is 0.389. The molecule has 0 spiro atoms. The van der Waals surface area contributed by atoms with Gasteiger partial charge in [-0.2, -0.15) is 0 Å². The fourth-order valence-corrected chi connectivity index (χ4v) is 3.32. The molecule has 0 fully saturated rings. The first-order chi connectivity index (χ1) is 10.0. The third-order valence-corrected chi connectivity index (χ3v) is 4.48. The van der Waals surface area contributed by atoms with Crippen molar-refractivity contribution in [2.75, 3.05) is 13.6 Å². The van der Waals surface area contributed by atoms with E-state index in [-0.39, 0.29) is 0 Å². The van der Waals surface area contributed by atoms with Crippen LogP contribution in [0.2, 0.25) is 0 Å². The highest BCUT2D eigenvalue weighted by Crippen LogP contribution is 2.28. The summed E-state index contributed by atoms with van der Waals surface area (Å²) in [4.78, 5) is 2.58. The fraction of sp³-hybridized carbons (Fsp3) is 0.684. The van der Waals surface area contributed by atoms with Crippen LogP contribution in [0.15, 0.2) is 30.3 Å². The number of hydrogen-bond donors (Lipinski definition) is 1. The van der Waals surface area contributed by atoms with E-state index in [9.17, 15) is 0 Å². The maximum absolute atomic E-state index is 3.72. The molecule has 1 N–H and O–H groups in total. The molecule has 0 amide bonds. The molecular weight excluding hydrogens is 256 g/mol. The second-order valence-corrected chi connectivity index (χ2v) is 6.48. The van der Waals surface area contributed by atoms with Gasteiger partial charge in [0, 0.05) is 18.1 Å². The second-order valence-electron chi connectivity index (χ2n) is 6.48. The lowest BCUT2D eigenvalue weighted by Crippen LogP contribution is -2.49. The lowest BCUT2D eigenvalue weighted by Gasteiger charge is -2.41. The summed E-state index contributed by atoms with van der Waals surface area (Å²) in [6.45, 7) is 12.5. The van der Waals surface area contributed by atoms with E-state index >= 15 is 0 Å². The van der Waals surface area contributed by atoms with Gasteiger partial charge in [-0.1, -0.05) is 64.4 Å². The average molecular weight is 290 g/mol. The summed E-state index contributed by atoms with van der Waals surface area (Å²) in [5, 5.41) is 3.72. The number of nitrogens with zero attached hydrogens (tertiary/aromatic N) is 1. The number of hydrogen-bond acceptors (Lipinski definition) is 2. The molecule has 0 heterocycles. The van der Waals surface area contributed by atoms with Crippen LogP contribution in [-0.4, -0.2) is 30.6 Å². The largest absolute Gasteiger partial charge is 0.309 e. The molecule has 2 heteroatoms. The van der Waals surface area contributed by atoms with Crippen molar-refractivity contribution in [3.63, 3.8) is 0 Å². The SMILES string of the molecule is CCCC(C)N(C)C(C(C)C)C(NCC)c1ccccc1. The Bertz CT molecular complexity index is 374. The standard InChI is InChI=1S/C19H34N2/c1-7-12-16(5)21(6)19(15(3)4)18(20-8-2)17-13-10-9-11-14-17/h9-11,13-16,18-20H,7-8,12H2,1-6H3. The Morgan fingerprint density at radius 2 is 1.67 bits per heavy atom. The molecule has 0 saturated heterocycles. The van der Waals surface area contributed by atoms with Gasteiger partial charge >= 0.3 is 0 Å². The summed E-state index contributed by atoms with van der Waals surface area (Å²) in [6, 6.07) is 12.4. The van der Waals surface area contributed by atoms with Gasteiger partial charge in [-0.3, -0.25) is 4.90 Å². The summed E-state index contributed by atoms with van der Waals surface area (Å²) >= 11 is 0. The summed E-state index contributed by atoms with van der Waals surface area (Å²) in [6.07, 6.45) is 2.50. The molecule has 1 aromatic carbocycles. The smallest absolute Gasteiger partial charge is 0.0480 e. The van der Waals surface area contributed by atoms with Crippen LogP contribution in [0.25, 0.3) is 0 Å². The molecule has 0 aliphatic carbocycles. The van der Waals surface area contributed by atoms with Crippen molar-refractivity contribution in [2.24, 2.45) is 5.92 Å². The van der Waals surface area contributed by atoms with Crippen molar-refractivity contribution in [3.05, 3.63) is 35.9 Å². The Balaban J connectivity index is 3.03. The molecule has 0 bridgehead atoms. The van der Waals surface area contributed by atoms with E-state index in [4.69, 9.17) is 0 Å². The Morgan fingerprint density at radius 1 is 1.05 bits per heavy atom. The van der Waals surface area contributed by atoms with Crippen LogP contribution in [0.1, 0.15) is 59.1 Å². The van der Waals surface area contributed by atoms with Crippen molar-refractivity contribution in [3.8, 4) is 0 Å². The van der Waals surface area contributed by atoms with Gasteiger partial charge in [0.15, 0.2) is 0 Å². The van der Waals surface area contributed by atoms with Crippen molar-refractivity contribution in [1.82, 2.24) is 10.2 Å². The quantitative estimate of drug-likeness (QED) is 0.721. The molecular formula is C19H34N2. The highest BCUT2D eigenvalue weighted by atomic mass is 15.2. The van der Waals surface area contributed by atoms with E-state index in [1.54, 1.807) is 0 Å². The van der Waals surface area contributed by atoms with Crippen LogP contribution in [0, 0.1) is 5.92 Å². The molecule has 3 unspecified atom stereocenters. The highest BCUT2D eigenvalue weighted by Gasteiger charge is 2.30. The normalized spacial score (nSPS) is 16.2. The predicted octanol–water partition coefficient (Wildman–Crippen LogP) is 4.48. The first-order valence-electron chi connectivity index (χ1n) is 8.53. The maximum Gasteiger partial charge on any atom is 0.0480 e. The van der Waals surface area contributed by atoms with Crippen molar-refractivity contribution in [2.45, 2.75) is 65.6 Å². The third-order valence-electron chi connectivity index (χ3n) is 4.48. The molecule has 1 aromatic rings. The number of likely N-dealkylation sites (N-methyl/N-ethyl adjacent to an activating group) is 2. The van der Waals surface area contributed by atoms with Crippen LogP contribution >= 0.6 is 0 Å². The first kappa shape index (κ1) is 18.2. The summed E-state index contributed by atoms with van der Waals surface area (Å²) in [7, 11) is 2.29. The number of benzene rings is 1. The topological polar surface area (TPSA) is 15.3 Å². The maximum atomic E-state index is 3.72. The van der Waals surface area contributed by atoms with E-state index in [1.807, 2.05) is 0 Å². The van der Waals surface area contributed by atoms with Crippen molar-refractivity contribution < 1.29 is 0 Å². The molecule has 2 nitrogen and oxygen atoms in total. The van der Waals surface area contributed by atoms with Gasteiger partial charge in [0.2, 0.25) is 0 Å². The van der Waals surface area contributed by atoms with E-state index in [0.717, 1.165) is 6.54 Å². The minimum Gasteiger partial charge on any atom is -0.309 e. The Hall–Kier alpha value is -0.860. The third kappa shape index (κ3) is 5.12. The first-order valence-corrected chi connectivity index (χ1v) is 8.53. The molecule has 0 aliphatic rings. The van der Waals surface area contributed by atoms with Gasteiger partial charge in [-0.15, -0.1) is 0 Å². The van der Waals surface area contributed by atoms with Crippen LogP contribution in [0.3, 0.4) is 0 Å². The molecule has 120 valence electrons. The monoisotopic (exact) mass is 290 g/mol. The molecule has 0 aliphatic heterocycles. The van der Waals surface area contributed by atoms with Crippen LogP contribution in [0.5, 0.6) is 0 Å². The summed E-state index contributed by atoms with van der Waals surface area (Å²) in [5.74, 6) is 0.610. The number of nitrogens with one attached hydrogen (secondary N) is 1. The molecule has 21 heavy (non-hydrogen) atoms. The molecule has 1 rings (SSSR count). The van der Waals surface area contributed by atoms with Crippen molar-refractivity contribution >= 4 is 0 Å². The lowest BCUT2D eigenvalue weighted by molar-refractivity contribution is 0.104. The predicted molar refractivity (Wildman–Crippen MR) is 93.6 cm³/mol. The van der Waals surface area contributed by atoms with E-state index in [1.165, 1.54) is 18.4 Å². The lowest BCUT2D eigenvalue weighted by atomic mass is 9.88. The van der Waals surface area contributed by atoms with Crippen LogP contribution < -0.4 is 5.32 Å². The number of rotatable bonds is 9. The van der Waals surface area contributed by atoms with Crippen LogP contribution in [-0.2, 0) is 0 Å². The second kappa shape index (κ2) is 9.22. The molecule has 0 aromatic heterocycles. The van der Waals surface area contributed by atoms with E-state index in [0.29, 0.717) is 24.0 Å². The average Bonchev–Trinajstić information content (AvgIpc) is 2.47. The Morgan fingerprint density at radius 3 is 2.14 bits per heavy atom. The van der Waals surface area contributed by atoms with E-state index < -0.39 is 0 Å². The van der Waals surface area contributed by atoms with Gasteiger partial charge in [0.05, 0.1) is 0 Å². The zero-order valence-corrected chi connectivity index (χ0v) is 14.8. The molecule has 0 radical (unpaired) electrons. The van der Waals surface area contributed by atoms with Gasteiger partial charge in [-0.25, -0.2) is 0 Å². The van der Waals surface area contributed by atoms with Gasteiger partial charge in [0.1, 0.15) is 0 Å². The van der Waals surface area contributed by atoms with Gasteiger partial charge in [-0.05, 0) is 38.4 Å². The van der Waals surface area contributed by atoms with Crippen LogP contribution in [0.4, 0.5) is 0 Å². The molecule has 3 atom stereocenters. The zero-order chi connectivity index (χ0) is 15.8. The Labute approximate surface area is 131 Å². The highest BCUT2D eigenvalue weighted by molar-refractivity contribution is 5.21. The van der Waals surface area contributed by atoms with Gasteiger partial charge in [0.25, 0.3) is 0 Å². The molecule has 0 saturated carbocycles. The minimum absolute atomic E-state index is 0.389. The Kier molecular flexibility index (Phi) is 7.98. The van der Waals surface area contributed by atoms with E-state index in [2.05, 4.69) is 82.2 Å². The summed E-state index contributed by atoms with van der Waals surface area (Å²) in [5.41, 5.74) is 1.40. The fourth-order valence-electron chi connectivity index (χ4n) is 3.32.